The minimum Gasteiger partial charge on any atom is -0.477 e. The first-order valence-electron chi connectivity index (χ1n) is 6.53. The van der Waals surface area contributed by atoms with Crippen molar-refractivity contribution in [2.75, 3.05) is 0 Å². The third-order valence-electron chi connectivity index (χ3n) is 3.40. The summed E-state index contributed by atoms with van der Waals surface area (Å²) in [6.45, 7) is 3.29. The van der Waals surface area contributed by atoms with E-state index in [0.29, 0.717) is 6.54 Å². The monoisotopic (exact) mass is 269 g/mol. The van der Waals surface area contributed by atoms with Gasteiger partial charge in [-0.25, -0.2) is 4.79 Å². The van der Waals surface area contributed by atoms with Gasteiger partial charge in [-0.3, -0.25) is 4.68 Å². The number of benzene rings is 1. The predicted octanol–water partition coefficient (Wildman–Crippen LogP) is 2.60. The van der Waals surface area contributed by atoms with Crippen molar-refractivity contribution in [1.29, 1.82) is 0 Å². The molecule has 0 aliphatic rings. The van der Waals surface area contributed by atoms with Gasteiger partial charge in [-0.1, -0.05) is 18.2 Å². The van der Waals surface area contributed by atoms with Crippen LogP contribution in [0.2, 0.25) is 0 Å². The van der Waals surface area contributed by atoms with Gasteiger partial charge in [0, 0.05) is 18.1 Å². The Morgan fingerprint density at radius 1 is 1.25 bits per heavy atom. The summed E-state index contributed by atoms with van der Waals surface area (Å²) in [4.78, 5) is 11.2. The first-order valence-corrected chi connectivity index (χ1v) is 6.53. The quantitative estimate of drug-likeness (QED) is 0.792. The van der Waals surface area contributed by atoms with Crippen LogP contribution < -0.4 is 0 Å². The zero-order chi connectivity index (χ0) is 14.1. The Morgan fingerprint density at radius 3 is 2.80 bits per heavy atom. The molecule has 0 amide bonds. The molecular formula is C15H15N3O2. The number of hydrogen-bond acceptors (Lipinski definition) is 2. The number of rotatable bonds is 4. The first-order chi connectivity index (χ1) is 9.70. The molecule has 0 spiro atoms. The highest BCUT2D eigenvalue weighted by atomic mass is 16.4. The molecule has 20 heavy (non-hydrogen) atoms. The molecule has 2 aromatic heterocycles. The molecule has 0 unspecified atom stereocenters. The molecule has 1 N–H and O–H groups in total. The van der Waals surface area contributed by atoms with Crippen LogP contribution in [0.25, 0.3) is 10.9 Å². The molecule has 0 atom stereocenters. The van der Waals surface area contributed by atoms with Crippen LogP contribution in [0.5, 0.6) is 0 Å². The van der Waals surface area contributed by atoms with Crippen LogP contribution in [0, 0.1) is 0 Å². The van der Waals surface area contributed by atoms with Gasteiger partial charge in [-0.15, -0.1) is 0 Å². The minimum absolute atomic E-state index is 0.278. The smallest absolute Gasteiger partial charge is 0.352 e. The molecule has 3 aromatic rings. The molecule has 5 nitrogen and oxygen atoms in total. The Hall–Kier alpha value is -2.56. The molecule has 0 fully saturated rings. The zero-order valence-corrected chi connectivity index (χ0v) is 11.2. The van der Waals surface area contributed by atoms with Gasteiger partial charge >= 0.3 is 5.97 Å². The lowest BCUT2D eigenvalue weighted by Crippen LogP contribution is -2.09. The van der Waals surface area contributed by atoms with Crippen LogP contribution in [0.1, 0.15) is 23.1 Å². The molecule has 2 heterocycles. The van der Waals surface area contributed by atoms with Crippen LogP contribution >= 0.6 is 0 Å². The standard InChI is InChI=1S/C15H15N3O2/c1-2-18-13-7-4-3-6-11(13)12(16-18)10-17-9-5-8-14(17)15(19)20/h3-9H,2,10H2,1H3,(H,19,20). The van der Waals surface area contributed by atoms with E-state index < -0.39 is 5.97 Å². The molecule has 5 heteroatoms. The van der Waals surface area contributed by atoms with E-state index in [1.807, 2.05) is 35.9 Å². The molecular weight excluding hydrogens is 254 g/mol. The molecule has 0 radical (unpaired) electrons. The fourth-order valence-electron chi connectivity index (χ4n) is 2.46. The number of nitrogens with zero attached hydrogens (tertiary/aromatic N) is 3. The number of aromatic nitrogens is 3. The molecule has 3 rings (SSSR count). The maximum absolute atomic E-state index is 11.2. The molecule has 0 aliphatic carbocycles. The van der Waals surface area contributed by atoms with E-state index in [9.17, 15) is 4.79 Å². The number of fused-ring (bicyclic) bond motifs is 1. The average Bonchev–Trinajstić information content (AvgIpc) is 3.04. The summed E-state index contributed by atoms with van der Waals surface area (Å²) in [6.07, 6.45) is 1.77. The summed E-state index contributed by atoms with van der Waals surface area (Å²) in [5.74, 6) is -0.922. The van der Waals surface area contributed by atoms with Crippen molar-refractivity contribution in [3.63, 3.8) is 0 Å². The third-order valence-corrected chi connectivity index (χ3v) is 3.40. The van der Waals surface area contributed by atoms with Gasteiger partial charge in [0.05, 0.1) is 17.8 Å². The van der Waals surface area contributed by atoms with Crippen LogP contribution in [0.4, 0.5) is 0 Å². The van der Waals surface area contributed by atoms with Crippen LogP contribution in [0.15, 0.2) is 42.6 Å². The number of carboxylic acids is 1. The lowest BCUT2D eigenvalue weighted by atomic mass is 10.2. The van der Waals surface area contributed by atoms with E-state index >= 15 is 0 Å². The highest BCUT2D eigenvalue weighted by Crippen LogP contribution is 2.20. The van der Waals surface area contributed by atoms with Crippen molar-refractivity contribution in [1.82, 2.24) is 14.3 Å². The van der Waals surface area contributed by atoms with Crippen molar-refractivity contribution in [2.45, 2.75) is 20.0 Å². The highest BCUT2D eigenvalue weighted by molar-refractivity contribution is 5.86. The highest BCUT2D eigenvalue weighted by Gasteiger charge is 2.13. The van der Waals surface area contributed by atoms with Crippen molar-refractivity contribution in [3.05, 3.63) is 54.0 Å². The number of carbonyl (C=O) groups is 1. The number of aromatic carboxylic acids is 1. The Balaban J connectivity index is 2.07. The first kappa shape index (κ1) is 12.5. The largest absolute Gasteiger partial charge is 0.477 e. The van der Waals surface area contributed by atoms with E-state index in [0.717, 1.165) is 23.1 Å². The van der Waals surface area contributed by atoms with E-state index in [1.165, 1.54) is 0 Å². The number of aryl methyl sites for hydroxylation is 1. The average molecular weight is 269 g/mol. The van der Waals surface area contributed by atoms with E-state index in [4.69, 9.17) is 5.11 Å². The van der Waals surface area contributed by atoms with Gasteiger partial charge in [-0.05, 0) is 25.1 Å². The van der Waals surface area contributed by atoms with Crippen molar-refractivity contribution >= 4 is 16.9 Å². The normalized spacial score (nSPS) is 11.1. The van der Waals surface area contributed by atoms with Gasteiger partial charge in [0.25, 0.3) is 0 Å². The predicted molar refractivity (Wildman–Crippen MR) is 75.9 cm³/mol. The topological polar surface area (TPSA) is 60.0 Å². The molecule has 0 bridgehead atoms. The van der Waals surface area contributed by atoms with Gasteiger partial charge in [0.15, 0.2) is 0 Å². The minimum atomic E-state index is -0.922. The molecule has 0 aliphatic heterocycles. The van der Waals surface area contributed by atoms with Crippen molar-refractivity contribution in [3.8, 4) is 0 Å². The summed E-state index contributed by atoms with van der Waals surface area (Å²) in [5.41, 5.74) is 2.25. The maximum atomic E-state index is 11.2. The SMILES string of the molecule is CCn1nc(Cn2cccc2C(=O)O)c2ccccc21. The summed E-state index contributed by atoms with van der Waals surface area (Å²) in [5, 5.41) is 14.8. The Bertz CT molecular complexity index is 770. The maximum Gasteiger partial charge on any atom is 0.352 e. The van der Waals surface area contributed by atoms with E-state index in [-0.39, 0.29) is 5.69 Å². The Morgan fingerprint density at radius 2 is 2.05 bits per heavy atom. The van der Waals surface area contributed by atoms with Crippen LogP contribution in [-0.2, 0) is 13.1 Å². The number of para-hydroxylation sites is 1. The second-order valence-corrected chi connectivity index (χ2v) is 4.61. The fourth-order valence-corrected chi connectivity index (χ4v) is 2.46. The van der Waals surface area contributed by atoms with Crippen molar-refractivity contribution in [2.24, 2.45) is 0 Å². The van der Waals surface area contributed by atoms with Gasteiger partial charge in [0.2, 0.25) is 0 Å². The fraction of sp³-hybridized carbons (Fsp3) is 0.200. The van der Waals surface area contributed by atoms with Crippen LogP contribution in [-0.4, -0.2) is 25.4 Å². The summed E-state index contributed by atoms with van der Waals surface area (Å²) in [7, 11) is 0. The van der Waals surface area contributed by atoms with Crippen molar-refractivity contribution < 1.29 is 9.90 Å². The molecule has 0 saturated heterocycles. The van der Waals surface area contributed by atoms with Gasteiger partial charge < -0.3 is 9.67 Å². The Kier molecular flexibility index (Phi) is 3.02. The second kappa shape index (κ2) is 4.85. The molecule has 102 valence electrons. The molecule has 1 aromatic carbocycles. The summed E-state index contributed by atoms with van der Waals surface area (Å²) < 4.78 is 3.64. The van der Waals surface area contributed by atoms with E-state index in [1.54, 1.807) is 22.9 Å². The Labute approximate surface area is 116 Å². The van der Waals surface area contributed by atoms with Crippen LogP contribution in [0.3, 0.4) is 0 Å². The lowest BCUT2D eigenvalue weighted by Gasteiger charge is -2.04. The summed E-state index contributed by atoms with van der Waals surface area (Å²) >= 11 is 0. The lowest BCUT2D eigenvalue weighted by molar-refractivity contribution is 0.0685. The van der Waals surface area contributed by atoms with Gasteiger partial charge in [0.1, 0.15) is 5.69 Å². The number of carboxylic acid groups (broad SMARTS) is 1. The third kappa shape index (κ3) is 1.97. The zero-order valence-electron chi connectivity index (χ0n) is 11.2. The number of hydrogen-bond donors (Lipinski definition) is 1. The second-order valence-electron chi connectivity index (χ2n) is 4.61. The summed E-state index contributed by atoms with van der Waals surface area (Å²) in [6, 6.07) is 11.3. The van der Waals surface area contributed by atoms with Gasteiger partial charge in [-0.2, -0.15) is 5.10 Å². The molecule has 0 saturated carbocycles. The van der Waals surface area contributed by atoms with E-state index in [2.05, 4.69) is 5.10 Å².